The molecule has 0 radical (unpaired) electrons. The van der Waals surface area contributed by atoms with E-state index in [1.54, 1.807) is 0 Å². The second-order valence-corrected chi connectivity index (χ2v) is 15.7. The average molecular weight is 694 g/mol. The van der Waals surface area contributed by atoms with Crippen LogP contribution in [0.4, 0.5) is 17.1 Å². The van der Waals surface area contributed by atoms with Crippen molar-refractivity contribution in [2.24, 2.45) is 5.92 Å². The van der Waals surface area contributed by atoms with Gasteiger partial charge in [0, 0.05) is 22.4 Å². The quantitative estimate of drug-likeness (QED) is 0.168. The zero-order valence-corrected chi connectivity index (χ0v) is 31.1. The van der Waals surface area contributed by atoms with Crippen LogP contribution in [-0.2, 0) is 10.8 Å². The normalized spacial score (nSPS) is 17.2. The van der Waals surface area contributed by atoms with Crippen molar-refractivity contribution < 1.29 is 0 Å². The smallest absolute Gasteiger partial charge is 0.0676 e. The topological polar surface area (TPSA) is 3.24 Å². The Morgan fingerprint density at radius 3 is 1.70 bits per heavy atom. The van der Waals surface area contributed by atoms with Crippen LogP contribution in [0.25, 0.3) is 22.3 Å². The fraction of sp³-hybridized carbons (Fsp3) is 0.132. The van der Waals surface area contributed by atoms with E-state index in [0.717, 1.165) is 12.1 Å². The second kappa shape index (κ2) is 12.5. The fourth-order valence-electron chi connectivity index (χ4n) is 10.0. The van der Waals surface area contributed by atoms with Gasteiger partial charge in [0.05, 0.1) is 11.1 Å². The molecule has 54 heavy (non-hydrogen) atoms. The van der Waals surface area contributed by atoms with Gasteiger partial charge in [0.1, 0.15) is 0 Å². The predicted molar refractivity (Wildman–Crippen MR) is 227 cm³/mol. The van der Waals surface area contributed by atoms with E-state index in [0.29, 0.717) is 5.92 Å². The van der Waals surface area contributed by atoms with Crippen molar-refractivity contribution >= 4 is 28.2 Å². The van der Waals surface area contributed by atoms with Crippen LogP contribution >= 0.6 is 0 Å². The number of fused-ring (bicyclic) bond motifs is 5. The van der Waals surface area contributed by atoms with Gasteiger partial charge in [-0.15, -0.1) is 0 Å². The van der Waals surface area contributed by atoms with Crippen molar-refractivity contribution in [3.63, 3.8) is 0 Å². The number of allylic oxidation sites excluding steroid dienone is 4. The van der Waals surface area contributed by atoms with E-state index in [1.807, 2.05) is 0 Å². The maximum Gasteiger partial charge on any atom is 0.0676 e. The Morgan fingerprint density at radius 2 is 1.02 bits per heavy atom. The number of hydrogen-bond donors (Lipinski definition) is 0. The Labute approximate surface area is 319 Å². The van der Waals surface area contributed by atoms with Crippen LogP contribution in [-0.4, -0.2) is 0 Å². The summed E-state index contributed by atoms with van der Waals surface area (Å²) in [6, 6.07) is 67.6. The maximum absolute atomic E-state index is 2.55. The molecule has 0 aromatic heterocycles. The fourth-order valence-corrected chi connectivity index (χ4v) is 10.0. The van der Waals surface area contributed by atoms with E-state index in [9.17, 15) is 0 Å². The highest BCUT2D eigenvalue weighted by molar-refractivity contribution is 6.14. The van der Waals surface area contributed by atoms with Gasteiger partial charge in [-0.25, -0.2) is 0 Å². The van der Waals surface area contributed by atoms with Crippen LogP contribution in [0, 0.1) is 5.92 Å². The summed E-state index contributed by atoms with van der Waals surface area (Å²) in [5.41, 5.74) is 19.2. The zero-order valence-electron chi connectivity index (χ0n) is 31.1. The largest absolute Gasteiger partial charge is 0.310 e. The van der Waals surface area contributed by atoms with Gasteiger partial charge < -0.3 is 4.90 Å². The highest BCUT2D eigenvalue weighted by atomic mass is 15.1. The van der Waals surface area contributed by atoms with Crippen LogP contribution in [0.5, 0.6) is 0 Å². The molecule has 1 nitrogen and oxygen atoms in total. The predicted octanol–water partition coefficient (Wildman–Crippen LogP) is 13.7. The molecule has 1 heteroatoms. The maximum atomic E-state index is 2.55. The number of benzene rings is 7. The van der Waals surface area contributed by atoms with Gasteiger partial charge in [-0.1, -0.05) is 179 Å². The molecular formula is C53H43N. The van der Waals surface area contributed by atoms with E-state index in [-0.39, 0.29) is 5.41 Å². The average Bonchev–Trinajstić information content (AvgIpc) is 3.64. The van der Waals surface area contributed by atoms with Crippen molar-refractivity contribution in [3.05, 3.63) is 233 Å². The van der Waals surface area contributed by atoms with Crippen molar-refractivity contribution in [3.8, 4) is 11.1 Å². The molecule has 0 amide bonds. The minimum absolute atomic E-state index is 0.101. The summed E-state index contributed by atoms with van der Waals surface area (Å²) in [4.78, 5) is 2.48. The molecule has 7 aromatic carbocycles. The molecule has 3 aliphatic carbocycles. The van der Waals surface area contributed by atoms with Crippen molar-refractivity contribution in [1.82, 2.24) is 0 Å². The molecule has 0 spiro atoms. The number of anilines is 3. The van der Waals surface area contributed by atoms with Gasteiger partial charge in [-0.05, 0) is 104 Å². The molecule has 0 saturated heterocycles. The molecule has 0 N–H and O–H groups in total. The molecule has 3 aliphatic rings. The molecule has 10 rings (SSSR count). The minimum Gasteiger partial charge on any atom is -0.310 e. The molecule has 260 valence electrons. The highest BCUT2D eigenvalue weighted by Gasteiger charge is 2.49. The van der Waals surface area contributed by atoms with Gasteiger partial charge in [0.25, 0.3) is 0 Å². The van der Waals surface area contributed by atoms with Gasteiger partial charge >= 0.3 is 0 Å². The first-order valence-electron chi connectivity index (χ1n) is 19.3. The molecule has 0 aliphatic heterocycles. The first-order valence-corrected chi connectivity index (χ1v) is 19.3. The van der Waals surface area contributed by atoms with Crippen LogP contribution in [0.2, 0.25) is 0 Å². The molecular weight excluding hydrogens is 651 g/mol. The van der Waals surface area contributed by atoms with E-state index < -0.39 is 5.41 Å². The molecule has 0 bridgehead atoms. The molecule has 0 heterocycles. The van der Waals surface area contributed by atoms with Crippen LogP contribution in [0.1, 0.15) is 66.1 Å². The molecule has 1 atom stereocenters. The zero-order chi connectivity index (χ0) is 36.4. The summed E-state index contributed by atoms with van der Waals surface area (Å²) in [5, 5.41) is 0. The lowest BCUT2D eigenvalue weighted by Gasteiger charge is -2.38. The number of para-hydroxylation sites is 2. The van der Waals surface area contributed by atoms with E-state index in [4.69, 9.17) is 0 Å². The Morgan fingerprint density at radius 1 is 0.481 bits per heavy atom. The Kier molecular flexibility index (Phi) is 7.49. The summed E-state index contributed by atoms with van der Waals surface area (Å²) in [6.07, 6.45) is 3.54. The van der Waals surface area contributed by atoms with Gasteiger partial charge in [0.15, 0.2) is 0 Å². The van der Waals surface area contributed by atoms with E-state index >= 15 is 0 Å². The second-order valence-electron chi connectivity index (χ2n) is 15.7. The summed E-state index contributed by atoms with van der Waals surface area (Å²) < 4.78 is 0. The summed E-state index contributed by atoms with van der Waals surface area (Å²) in [6.45, 7) is 7.13. The van der Waals surface area contributed by atoms with Crippen LogP contribution < -0.4 is 4.90 Å². The Hall–Kier alpha value is -6.18. The molecule has 0 fully saturated rings. The van der Waals surface area contributed by atoms with E-state index in [2.05, 4.69) is 214 Å². The minimum atomic E-state index is -0.392. The lowest BCUT2D eigenvalue weighted by molar-refractivity contribution is 0.624. The number of nitrogens with zero attached hydrogens (tertiary/aromatic N) is 1. The van der Waals surface area contributed by atoms with Crippen molar-refractivity contribution in [2.45, 2.75) is 38.0 Å². The van der Waals surface area contributed by atoms with Gasteiger partial charge in [-0.2, -0.15) is 0 Å². The summed E-state index contributed by atoms with van der Waals surface area (Å²) >= 11 is 0. The number of rotatable bonds is 6. The summed E-state index contributed by atoms with van der Waals surface area (Å²) in [7, 11) is 0. The molecule has 7 aromatic rings. The van der Waals surface area contributed by atoms with Gasteiger partial charge in [-0.3, -0.25) is 0 Å². The lowest BCUT2D eigenvalue weighted by atomic mass is 9.64. The number of hydrogen-bond acceptors (Lipinski definition) is 1. The SMILES string of the molecule is CC1C=C(c2ccccc2N(c2ccccc2)c2ccc3c(c2)C(C)(C)c2ccccc2-3)C2=C(C1)C(c1ccccc1)(c1ccccc1)c1ccccc12. The molecule has 0 saturated carbocycles. The third-order valence-corrected chi connectivity index (χ3v) is 12.3. The van der Waals surface area contributed by atoms with Crippen molar-refractivity contribution in [1.29, 1.82) is 0 Å². The highest BCUT2D eigenvalue weighted by Crippen LogP contribution is 2.61. The van der Waals surface area contributed by atoms with E-state index in [1.165, 1.54) is 78.2 Å². The first-order chi connectivity index (χ1) is 26.5. The lowest BCUT2D eigenvalue weighted by Crippen LogP contribution is -2.31. The van der Waals surface area contributed by atoms with Crippen LogP contribution in [0.15, 0.2) is 194 Å². The van der Waals surface area contributed by atoms with Crippen LogP contribution in [0.3, 0.4) is 0 Å². The standard InChI is InChI=1S/C53H43N/c1-36-33-45(51-44-27-14-17-29-47(44)53(49(51)34-36,37-19-7-4-8-20-37)38-21-9-5-10-22-38)43-26-15-18-30-50(43)54(39-23-11-6-12-24-39)40-31-32-42-41-25-13-16-28-46(41)52(2,3)48(42)35-40/h4-33,35-36H,34H2,1-3H3. The summed E-state index contributed by atoms with van der Waals surface area (Å²) in [5.74, 6) is 0.345. The Balaban J connectivity index is 1.22. The van der Waals surface area contributed by atoms with Gasteiger partial charge in [0.2, 0.25) is 0 Å². The Bertz CT molecular complexity index is 2570. The monoisotopic (exact) mass is 693 g/mol. The first kappa shape index (κ1) is 32.5. The molecule has 1 unspecified atom stereocenters. The third-order valence-electron chi connectivity index (χ3n) is 12.3. The van der Waals surface area contributed by atoms with Crippen molar-refractivity contribution in [2.75, 3.05) is 4.90 Å². The third kappa shape index (κ3) is 4.71.